The fourth-order valence-electron chi connectivity index (χ4n) is 0.788. The van der Waals surface area contributed by atoms with Crippen LogP contribution in [-0.4, -0.2) is 16.1 Å². The molecule has 0 fully saturated rings. The first-order valence-electron chi connectivity index (χ1n) is 3.36. The molecule has 1 rings (SSSR count). The summed E-state index contributed by atoms with van der Waals surface area (Å²) in [5.41, 5.74) is 1.62. The Bertz CT molecular complexity index is 312. The van der Waals surface area contributed by atoms with Crippen molar-refractivity contribution in [3.8, 4) is 0 Å². The normalized spacial score (nSPS) is 9.92. The van der Waals surface area contributed by atoms with Gasteiger partial charge in [-0.15, -0.1) is 0 Å². The van der Waals surface area contributed by atoms with E-state index in [4.69, 9.17) is 0 Å². The lowest BCUT2D eigenvalue weighted by Gasteiger charge is -1.99. The molecule has 0 saturated carbocycles. The van der Waals surface area contributed by atoms with Crippen molar-refractivity contribution in [2.24, 2.45) is 0 Å². The number of rotatable bonds is 2. The first-order valence-corrected chi connectivity index (χ1v) is 5.28. The van der Waals surface area contributed by atoms with Crippen molar-refractivity contribution in [3.63, 3.8) is 0 Å². The number of aryl methyl sites for hydroxylation is 1. The van der Waals surface area contributed by atoms with Crippen LogP contribution in [0.4, 0.5) is 0 Å². The molecule has 1 aromatic heterocycles. The molecule has 64 valence electrons. The molecule has 1 heterocycles. The molecule has 0 aliphatic rings. The summed E-state index contributed by atoms with van der Waals surface area (Å²) in [5, 5.41) is 0.343. The Morgan fingerprint density at radius 2 is 2.33 bits per heavy atom. The van der Waals surface area contributed by atoms with Crippen molar-refractivity contribution in [2.45, 2.75) is 6.92 Å². The van der Waals surface area contributed by atoms with Crippen LogP contribution in [0.15, 0.2) is 16.9 Å². The third-order valence-corrected chi connectivity index (χ3v) is 2.80. The van der Waals surface area contributed by atoms with Gasteiger partial charge < -0.3 is 0 Å². The number of ketones is 1. The summed E-state index contributed by atoms with van der Waals surface area (Å²) in [6.07, 6.45) is 1.57. The molecule has 0 bridgehead atoms. The van der Waals surface area contributed by atoms with Gasteiger partial charge in [-0.3, -0.25) is 4.79 Å². The van der Waals surface area contributed by atoms with Gasteiger partial charge in [-0.05, 0) is 34.5 Å². The Labute approximate surface area is 87.6 Å². The third-order valence-electron chi connectivity index (χ3n) is 1.46. The summed E-state index contributed by atoms with van der Waals surface area (Å²) in [4.78, 5) is 15.2. The minimum absolute atomic E-state index is 0.0538. The lowest BCUT2D eigenvalue weighted by molar-refractivity contribution is 0.102. The van der Waals surface area contributed by atoms with Crippen LogP contribution in [0, 0.1) is 6.92 Å². The number of hydrogen-bond donors (Lipinski definition) is 0. The lowest BCUT2D eigenvalue weighted by atomic mass is 10.2. The standard InChI is InChI=1S/C8H7Br2NO/c1-5-2-6(7(12)3-9)4-11-8(5)10/h2,4H,3H2,1H3. The van der Waals surface area contributed by atoms with E-state index >= 15 is 0 Å². The summed E-state index contributed by atoms with van der Waals surface area (Å²) in [6.45, 7) is 1.90. The van der Waals surface area contributed by atoms with Crippen molar-refractivity contribution in [3.05, 3.63) is 28.0 Å². The summed E-state index contributed by atoms with van der Waals surface area (Å²) in [6, 6.07) is 1.82. The first-order chi connectivity index (χ1) is 5.65. The summed E-state index contributed by atoms with van der Waals surface area (Å²) in [7, 11) is 0. The molecule has 0 spiro atoms. The smallest absolute Gasteiger partial charge is 0.174 e. The number of Topliss-reactive ketones (excluding diaryl/α,β-unsaturated/α-hetero) is 1. The van der Waals surface area contributed by atoms with Crippen LogP contribution in [0.25, 0.3) is 0 Å². The maximum absolute atomic E-state index is 11.2. The zero-order valence-electron chi connectivity index (χ0n) is 6.47. The van der Waals surface area contributed by atoms with E-state index in [1.54, 1.807) is 6.20 Å². The minimum Gasteiger partial charge on any atom is -0.293 e. The SMILES string of the molecule is Cc1cc(C(=O)CBr)cnc1Br. The third kappa shape index (κ3) is 2.14. The van der Waals surface area contributed by atoms with Crippen LogP contribution in [0.3, 0.4) is 0 Å². The van der Waals surface area contributed by atoms with Crippen molar-refractivity contribution < 1.29 is 4.79 Å². The Kier molecular flexibility index (Phi) is 3.40. The van der Waals surface area contributed by atoms with E-state index < -0.39 is 0 Å². The number of aromatic nitrogens is 1. The van der Waals surface area contributed by atoms with E-state index in [0.29, 0.717) is 10.9 Å². The zero-order valence-corrected chi connectivity index (χ0v) is 9.65. The number of alkyl halides is 1. The maximum atomic E-state index is 11.2. The van der Waals surface area contributed by atoms with Gasteiger partial charge in [0.25, 0.3) is 0 Å². The second-order valence-electron chi connectivity index (χ2n) is 2.39. The highest BCUT2D eigenvalue weighted by Crippen LogP contribution is 2.14. The molecule has 0 aliphatic carbocycles. The number of halogens is 2. The monoisotopic (exact) mass is 291 g/mol. The average molecular weight is 293 g/mol. The molecule has 12 heavy (non-hydrogen) atoms. The van der Waals surface area contributed by atoms with E-state index in [0.717, 1.165) is 10.2 Å². The fraction of sp³-hybridized carbons (Fsp3) is 0.250. The Morgan fingerprint density at radius 3 is 2.83 bits per heavy atom. The Balaban J connectivity index is 3.05. The average Bonchev–Trinajstić information content (AvgIpc) is 2.08. The Morgan fingerprint density at radius 1 is 1.67 bits per heavy atom. The van der Waals surface area contributed by atoms with E-state index in [2.05, 4.69) is 36.8 Å². The molecule has 1 aromatic rings. The molecule has 0 radical (unpaired) electrons. The topological polar surface area (TPSA) is 30.0 Å². The van der Waals surface area contributed by atoms with Crippen molar-refractivity contribution in [1.82, 2.24) is 4.98 Å². The molecule has 0 saturated heterocycles. The molecule has 0 aromatic carbocycles. The van der Waals surface area contributed by atoms with E-state index in [1.165, 1.54) is 0 Å². The highest BCUT2D eigenvalue weighted by atomic mass is 79.9. The summed E-state index contributed by atoms with van der Waals surface area (Å²) >= 11 is 6.37. The molecule has 0 aliphatic heterocycles. The van der Waals surface area contributed by atoms with Crippen molar-refractivity contribution >= 4 is 37.6 Å². The van der Waals surface area contributed by atoms with Crippen LogP contribution in [0.1, 0.15) is 15.9 Å². The molecular weight excluding hydrogens is 286 g/mol. The van der Waals surface area contributed by atoms with Gasteiger partial charge in [-0.1, -0.05) is 15.9 Å². The molecule has 0 unspecified atom stereocenters. The van der Waals surface area contributed by atoms with Crippen molar-refractivity contribution in [1.29, 1.82) is 0 Å². The molecule has 0 amide bonds. The molecule has 0 N–H and O–H groups in total. The fourth-order valence-corrected chi connectivity index (χ4v) is 1.33. The van der Waals surface area contributed by atoms with Crippen LogP contribution in [-0.2, 0) is 0 Å². The quantitative estimate of drug-likeness (QED) is 0.477. The predicted octanol–water partition coefficient (Wildman–Crippen LogP) is 2.73. The van der Waals surface area contributed by atoms with Crippen LogP contribution in [0.2, 0.25) is 0 Å². The van der Waals surface area contributed by atoms with Gasteiger partial charge in [0.1, 0.15) is 4.60 Å². The summed E-state index contributed by atoms with van der Waals surface area (Å²) < 4.78 is 0.786. The van der Waals surface area contributed by atoms with Gasteiger partial charge in [0.05, 0.1) is 5.33 Å². The molecule has 0 atom stereocenters. The lowest BCUT2D eigenvalue weighted by Crippen LogP contribution is -2.01. The maximum Gasteiger partial charge on any atom is 0.174 e. The largest absolute Gasteiger partial charge is 0.293 e. The second-order valence-corrected chi connectivity index (χ2v) is 3.70. The summed E-state index contributed by atoms with van der Waals surface area (Å²) in [5.74, 6) is 0.0538. The van der Waals surface area contributed by atoms with Gasteiger partial charge in [-0.2, -0.15) is 0 Å². The van der Waals surface area contributed by atoms with E-state index in [9.17, 15) is 4.79 Å². The van der Waals surface area contributed by atoms with Gasteiger partial charge in [0.2, 0.25) is 0 Å². The number of carbonyl (C=O) groups excluding carboxylic acids is 1. The number of pyridine rings is 1. The Hall–Kier alpha value is -0.220. The van der Waals surface area contributed by atoms with Crippen LogP contribution >= 0.6 is 31.9 Å². The van der Waals surface area contributed by atoms with Crippen LogP contribution < -0.4 is 0 Å². The molecule has 2 nitrogen and oxygen atoms in total. The predicted molar refractivity (Wildman–Crippen MR) is 54.8 cm³/mol. The second kappa shape index (κ2) is 4.14. The van der Waals surface area contributed by atoms with E-state index in [1.807, 2.05) is 13.0 Å². The highest BCUT2D eigenvalue weighted by Gasteiger charge is 2.05. The van der Waals surface area contributed by atoms with Gasteiger partial charge in [0.15, 0.2) is 5.78 Å². The van der Waals surface area contributed by atoms with Crippen LogP contribution in [0.5, 0.6) is 0 Å². The van der Waals surface area contributed by atoms with Gasteiger partial charge in [-0.25, -0.2) is 4.98 Å². The first kappa shape index (κ1) is 9.86. The zero-order chi connectivity index (χ0) is 9.14. The molecular formula is C8H7Br2NO. The van der Waals surface area contributed by atoms with E-state index in [-0.39, 0.29) is 5.78 Å². The number of carbonyl (C=O) groups is 1. The minimum atomic E-state index is 0.0538. The van der Waals surface area contributed by atoms with Crippen molar-refractivity contribution in [2.75, 3.05) is 5.33 Å². The van der Waals surface area contributed by atoms with Gasteiger partial charge in [0, 0.05) is 11.8 Å². The molecule has 4 heteroatoms. The number of nitrogens with zero attached hydrogens (tertiary/aromatic N) is 1. The highest BCUT2D eigenvalue weighted by molar-refractivity contribution is 9.10. The number of hydrogen-bond acceptors (Lipinski definition) is 2. The van der Waals surface area contributed by atoms with Gasteiger partial charge >= 0.3 is 0 Å².